The number of carboxylic acids is 1. The zero-order valence-electron chi connectivity index (χ0n) is 10.7. The lowest BCUT2D eigenvalue weighted by molar-refractivity contribution is 0.0696. The third-order valence-electron chi connectivity index (χ3n) is 2.87. The molecule has 2 aromatic rings. The van der Waals surface area contributed by atoms with E-state index in [1.807, 2.05) is 0 Å². The number of hydrogen-bond donors (Lipinski definition) is 1. The van der Waals surface area contributed by atoms with Crippen molar-refractivity contribution in [3.8, 4) is 5.75 Å². The first-order valence-corrected chi connectivity index (χ1v) is 6.96. The van der Waals surface area contributed by atoms with E-state index in [1.165, 1.54) is 24.3 Å². The maximum atomic E-state index is 13.0. The zero-order valence-corrected chi connectivity index (χ0v) is 12.8. The van der Waals surface area contributed by atoms with Gasteiger partial charge in [0.25, 0.3) is 0 Å². The Labute approximate surface area is 129 Å². The van der Waals surface area contributed by atoms with Crippen LogP contribution in [0.25, 0.3) is 0 Å². The zero-order chi connectivity index (χ0) is 14.7. The highest BCUT2D eigenvalue weighted by molar-refractivity contribution is 14.1. The Hall–Kier alpha value is -1.63. The molecule has 0 spiro atoms. The second kappa shape index (κ2) is 6.21. The number of benzene rings is 2. The van der Waals surface area contributed by atoms with Gasteiger partial charge in [0, 0.05) is 0 Å². The van der Waals surface area contributed by atoms with Crippen LogP contribution in [-0.2, 0) is 6.61 Å². The highest BCUT2D eigenvalue weighted by Gasteiger charge is 2.09. The number of aromatic carboxylic acids is 1. The van der Waals surface area contributed by atoms with Crippen molar-refractivity contribution >= 4 is 28.6 Å². The molecule has 0 saturated heterocycles. The number of rotatable bonds is 4. The smallest absolute Gasteiger partial charge is 0.335 e. The summed E-state index contributed by atoms with van der Waals surface area (Å²) in [4.78, 5) is 10.9. The van der Waals surface area contributed by atoms with Gasteiger partial charge in [-0.1, -0.05) is 6.07 Å². The van der Waals surface area contributed by atoms with Gasteiger partial charge in [0.15, 0.2) is 0 Å². The van der Waals surface area contributed by atoms with Crippen molar-refractivity contribution < 1.29 is 19.0 Å². The molecule has 3 nitrogen and oxygen atoms in total. The number of hydrogen-bond acceptors (Lipinski definition) is 2. The van der Waals surface area contributed by atoms with Crippen molar-refractivity contribution in [2.24, 2.45) is 0 Å². The van der Waals surface area contributed by atoms with E-state index >= 15 is 0 Å². The van der Waals surface area contributed by atoms with Gasteiger partial charge in [-0.3, -0.25) is 0 Å². The molecule has 0 aliphatic heterocycles. The molecular weight excluding hydrogens is 374 g/mol. The van der Waals surface area contributed by atoms with E-state index in [9.17, 15) is 9.18 Å². The van der Waals surface area contributed by atoms with E-state index in [1.54, 1.807) is 19.1 Å². The molecule has 20 heavy (non-hydrogen) atoms. The second-order valence-corrected chi connectivity index (χ2v) is 5.47. The van der Waals surface area contributed by atoms with Crippen LogP contribution in [0.5, 0.6) is 5.75 Å². The molecule has 0 aromatic heterocycles. The van der Waals surface area contributed by atoms with Crippen LogP contribution in [0.15, 0.2) is 36.4 Å². The summed E-state index contributed by atoms with van der Waals surface area (Å²) in [6, 6.07) is 9.19. The van der Waals surface area contributed by atoms with Crippen LogP contribution >= 0.6 is 22.6 Å². The Morgan fingerprint density at radius 1 is 1.30 bits per heavy atom. The van der Waals surface area contributed by atoms with Crippen molar-refractivity contribution in [1.29, 1.82) is 0 Å². The highest BCUT2D eigenvalue weighted by atomic mass is 127. The molecule has 1 N–H and O–H groups in total. The molecule has 0 aliphatic carbocycles. The van der Waals surface area contributed by atoms with Gasteiger partial charge in [-0.2, -0.15) is 0 Å². The number of ether oxygens (including phenoxy) is 1. The SMILES string of the molecule is Cc1cc(F)ccc1COc1cc(C(=O)O)ccc1I. The van der Waals surface area contributed by atoms with E-state index in [2.05, 4.69) is 22.6 Å². The van der Waals surface area contributed by atoms with Gasteiger partial charge in [0.2, 0.25) is 0 Å². The van der Waals surface area contributed by atoms with Crippen LogP contribution in [0.1, 0.15) is 21.5 Å². The lowest BCUT2D eigenvalue weighted by atomic mass is 10.1. The topological polar surface area (TPSA) is 46.5 Å². The number of carbonyl (C=O) groups is 1. The van der Waals surface area contributed by atoms with E-state index in [4.69, 9.17) is 9.84 Å². The van der Waals surface area contributed by atoms with E-state index in [0.717, 1.165) is 14.7 Å². The fourth-order valence-corrected chi connectivity index (χ4v) is 2.21. The van der Waals surface area contributed by atoms with Crippen molar-refractivity contribution in [2.45, 2.75) is 13.5 Å². The Balaban J connectivity index is 2.18. The number of halogens is 2. The molecule has 0 radical (unpaired) electrons. The summed E-state index contributed by atoms with van der Waals surface area (Å²) in [6.45, 7) is 2.07. The van der Waals surface area contributed by atoms with Gasteiger partial charge in [0.05, 0.1) is 9.13 Å². The fourth-order valence-electron chi connectivity index (χ4n) is 1.72. The van der Waals surface area contributed by atoms with Crippen LogP contribution in [0, 0.1) is 16.3 Å². The fraction of sp³-hybridized carbons (Fsp3) is 0.133. The number of carboxylic acid groups (broad SMARTS) is 1. The first kappa shape index (κ1) is 14.8. The van der Waals surface area contributed by atoms with Crippen molar-refractivity contribution in [1.82, 2.24) is 0 Å². The molecule has 0 aliphatic rings. The first-order chi connectivity index (χ1) is 9.47. The molecule has 104 valence electrons. The molecule has 0 saturated carbocycles. The average molecular weight is 386 g/mol. The van der Waals surface area contributed by atoms with Gasteiger partial charge in [-0.15, -0.1) is 0 Å². The van der Waals surface area contributed by atoms with Crippen LogP contribution in [0.4, 0.5) is 4.39 Å². The molecular formula is C15H12FIO3. The summed E-state index contributed by atoms with van der Waals surface area (Å²) in [6.07, 6.45) is 0. The van der Waals surface area contributed by atoms with E-state index < -0.39 is 5.97 Å². The Bertz CT molecular complexity index is 656. The molecule has 0 fully saturated rings. The van der Waals surface area contributed by atoms with Crippen molar-refractivity contribution in [2.75, 3.05) is 0 Å². The Morgan fingerprint density at radius 2 is 2.05 bits per heavy atom. The predicted molar refractivity (Wildman–Crippen MR) is 81.6 cm³/mol. The van der Waals surface area contributed by atoms with E-state index in [-0.39, 0.29) is 18.0 Å². The molecule has 0 heterocycles. The van der Waals surface area contributed by atoms with Crippen LogP contribution in [0.2, 0.25) is 0 Å². The summed E-state index contributed by atoms with van der Waals surface area (Å²) in [7, 11) is 0. The monoisotopic (exact) mass is 386 g/mol. The van der Waals surface area contributed by atoms with Gasteiger partial charge in [0.1, 0.15) is 18.2 Å². The molecule has 0 bridgehead atoms. The molecule has 0 atom stereocenters. The van der Waals surface area contributed by atoms with E-state index in [0.29, 0.717) is 5.75 Å². The summed E-state index contributed by atoms with van der Waals surface area (Å²) in [5.74, 6) is -0.771. The molecule has 2 rings (SSSR count). The summed E-state index contributed by atoms with van der Waals surface area (Å²) in [5.41, 5.74) is 1.84. The Kier molecular flexibility index (Phi) is 4.59. The largest absolute Gasteiger partial charge is 0.488 e. The highest BCUT2D eigenvalue weighted by Crippen LogP contribution is 2.24. The minimum atomic E-state index is -0.996. The van der Waals surface area contributed by atoms with Crippen molar-refractivity contribution in [3.63, 3.8) is 0 Å². The summed E-state index contributed by atoms with van der Waals surface area (Å²) < 4.78 is 19.5. The molecule has 0 unspecified atom stereocenters. The quantitative estimate of drug-likeness (QED) is 0.808. The first-order valence-electron chi connectivity index (χ1n) is 5.88. The lowest BCUT2D eigenvalue weighted by Crippen LogP contribution is -2.02. The van der Waals surface area contributed by atoms with Crippen LogP contribution < -0.4 is 4.74 Å². The standard InChI is InChI=1S/C15H12FIO3/c1-9-6-12(16)4-2-11(9)8-20-14-7-10(15(18)19)3-5-13(14)17/h2-7H,8H2,1H3,(H,18,19). The average Bonchev–Trinajstić information content (AvgIpc) is 2.39. The summed E-state index contributed by atoms with van der Waals surface area (Å²) >= 11 is 2.08. The van der Waals surface area contributed by atoms with Gasteiger partial charge in [-0.25, -0.2) is 9.18 Å². The number of aryl methyl sites for hydroxylation is 1. The molecule has 0 amide bonds. The summed E-state index contributed by atoms with van der Waals surface area (Å²) in [5, 5.41) is 8.96. The second-order valence-electron chi connectivity index (χ2n) is 4.31. The third-order valence-corrected chi connectivity index (χ3v) is 3.76. The van der Waals surface area contributed by atoms with Crippen LogP contribution in [-0.4, -0.2) is 11.1 Å². The lowest BCUT2D eigenvalue weighted by Gasteiger charge is -2.11. The molecule has 2 aromatic carbocycles. The van der Waals surface area contributed by atoms with Crippen molar-refractivity contribution in [3.05, 3.63) is 62.5 Å². The Morgan fingerprint density at radius 3 is 2.70 bits per heavy atom. The van der Waals surface area contributed by atoms with Crippen LogP contribution in [0.3, 0.4) is 0 Å². The maximum Gasteiger partial charge on any atom is 0.335 e. The normalized spacial score (nSPS) is 10.3. The molecule has 5 heteroatoms. The van der Waals surface area contributed by atoms with Gasteiger partial charge in [-0.05, 0) is 71.0 Å². The maximum absolute atomic E-state index is 13.0. The predicted octanol–water partition coefficient (Wildman–Crippen LogP) is 4.02. The minimum absolute atomic E-state index is 0.177. The van der Waals surface area contributed by atoms with Gasteiger partial charge >= 0.3 is 5.97 Å². The van der Waals surface area contributed by atoms with Gasteiger partial charge < -0.3 is 9.84 Å². The third kappa shape index (κ3) is 3.47. The minimum Gasteiger partial charge on any atom is -0.488 e.